The van der Waals surface area contributed by atoms with E-state index < -0.39 is 5.97 Å². The number of hydrogen-bond acceptors (Lipinski definition) is 5. The van der Waals surface area contributed by atoms with Crippen LogP contribution in [0.15, 0.2) is 0 Å². The van der Waals surface area contributed by atoms with Crippen LogP contribution < -0.4 is 0 Å². The molecule has 0 aromatic heterocycles. The Morgan fingerprint density at radius 3 is 1.46 bits per heavy atom. The maximum atomic E-state index is 10.2. The van der Waals surface area contributed by atoms with Gasteiger partial charge in [-0.25, -0.2) is 0 Å². The quantitative estimate of drug-likeness (QED) is 0.463. The van der Waals surface area contributed by atoms with E-state index in [1.807, 2.05) is 0 Å². The fourth-order valence-corrected chi connectivity index (χ4v) is 0.275. The number of hydrogen-bond donors (Lipinski definition) is 0. The molecule has 0 spiro atoms. The summed E-state index contributed by atoms with van der Waals surface area (Å²) < 4.78 is 8.31. The predicted molar refractivity (Wildman–Crippen MR) is 45.0 cm³/mol. The summed E-state index contributed by atoms with van der Waals surface area (Å²) in [5.41, 5.74) is 0. The van der Waals surface area contributed by atoms with Gasteiger partial charge in [0.2, 0.25) is 0 Å². The first-order chi connectivity index (χ1) is 5.93. The second-order valence-corrected chi connectivity index (χ2v) is 2.15. The third-order valence-corrected chi connectivity index (χ3v) is 0.908. The van der Waals surface area contributed by atoms with Crippen LogP contribution in [0, 0.1) is 0 Å². The summed E-state index contributed by atoms with van der Waals surface area (Å²) in [6.45, 7) is 2.71. The number of carbonyl (C=O) groups is 3. The van der Waals surface area contributed by atoms with Crippen molar-refractivity contribution in [3.8, 4) is 0 Å². The first-order valence-corrected chi connectivity index (χ1v) is 3.54. The van der Waals surface area contributed by atoms with E-state index in [9.17, 15) is 14.4 Å². The smallest absolute Gasteiger partial charge is 0.313 e. The van der Waals surface area contributed by atoms with Crippen LogP contribution in [0.1, 0.15) is 20.3 Å². The van der Waals surface area contributed by atoms with Crippen LogP contribution in [0.25, 0.3) is 0 Å². The highest BCUT2D eigenvalue weighted by atomic mass is 16.5. The molecule has 0 atom stereocenters. The fraction of sp³-hybridized carbons (Fsp3) is 0.625. The van der Waals surface area contributed by atoms with E-state index >= 15 is 0 Å². The highest BCUT2D eigenvalue weighted by Crippen LogP contribution is 1.83. The molecular formula is C8H14O5. The van der Waals surface area contributed by atoms with E-state index in [2.05, 4.69) is 9.47 Å². The van der Waals surface area contributed by atoms with Crippen molar-refractivity contribution in [2.75, 3.05) is 14.2 Å². The van der Waals surface area contributed by atoms with Crippen LogP contribution >= 0.6 is 0 Å². The van der Waals surface area contributed by atoms with Gasteiger partial charge in [-0.2, -0.15) is 0 Å². The Morgan fingerprint density at radius 1 is 1.00 bits per heavy atom. The lowest BCUT2D eigenvalue weighted by molar-refractivity contribution is -0.143. The van der Waals surface area contributed by atoms with Gasteiger partial charge in [-0.05, 0) is 6.92 Å². The minimum Gasteiger partial charge on any atom is -0.469 e. The van der Waals surface area contributed by atoms with Crippen LogP contribution in [-0.4, -0.2) is 31.9 Å². The van der Waals surface area contributed by atoms with E-state index in [0.29, 0.717) is 0 Å². The van der Waals surface area contributed by atoms with Gasteiger partial charge in [0.1, 0.15) is 12.2 Å². The van der Waals surface area contributed by atoms with Gasteiger partial charge in [-0.3, -0.25) is 14.4 Å². The molecule has 0 aromatic rings. The molecule has 13 heavy (non-hydrogen) atoms. The van der Waals surface area contributed by atoms with Crippen molar-refractivity contribution in [3.05, 3.63) is 0 Å². The molecule has 0 amide bonds. The van der Waals surface area contributed by atoms with E-state index in [1.165, 1.54) is 28.1 Å². The molecule has 0 bridgehead atoms. The minimum atomic E-state index is -0.475. The second-order valence-electron chi connectivity index (χ2n) is 2.15. The molecule has 5 heteroatoms. The standard InChI is InChI=1S/C5H8O3.C3H6O2/c1-4(6)3-5(7)8-2;1-3(4)5-2/h3H2,1-2H3;1-2H3. The number of ether oxygens (including phenoxy) is 2. The second kappa shape index (κ2) is 8.70. The van der Waals surface area contributed by atoms with Gasteiger partial charge in [-0.15, -0.1) is 0 Å². The van der Waals surface area contributed by atoms with Crippen LogP contribution in [0.3, 0.4) is 0 Å². The number of ketones is 1. The molecule has 0 radical (unpaired) electrons. The molecule has 0 N–H and O–H groups in total. The van der Waals surface area contributed by atoms with Crippen molar-refractivity contribution in [3.63, 3.8) is 0 Å². The van der Waals surface area contributed by atoms with Crippen LogP contribution in [0.2, 0.25) is 0 Å². The van der Waals surface area contributed by atoms with Crippen molar-refractivity contribution in [2.45, 2.75) is 20.3 Å². The molecule has 5 nitrogen and oxygen atoms in total. The van der Waals surface area contributed by atoms with Crippen LogP contribution in [0.4, 0.5) is 0 Å². The number of Topliss-reactive ketones (excluding diaryl/α,β-unsaturated/α-hetero) is 1. The summed E-state index contributed by atoms with van der Waals surface area (Å²) in [4.78, 5) is 29.9. The highest BCUT2D eigenvalue weighted by molar-refractivity contribution is 5.93. The minimum absolute atomic E-state index is 0.115. The third kappa shape index (κ3) is 18.0. The predicted octanol–water partition coefficient (Wildman–Crippen LogP) is 0.318. The van der Waals surface area contributed by atoms with Crippen LogP contribution in [-0.2, 0) is 23.9 Å². The lowest BCUT2D eigenvalue weighted by Gasteiger charge is -1.90. The fourth-order valence-electron chi connectivity index (χ4n) is 0.275. The van der Waals surface area contributed by atoms with Crippen LogP contribution in [0.5, 0.6) is 0 Å². The summed E-state index contributed by atoms with van der Waals surface area (Å²) in [5, 5.41) is 0. The van der Waals surface area contributed by atoms with Gasteiger partial charge in [0.05, 0.1) is 14.2 Å². The molecule has 0 fully saturated rings. The lowest BCUT2D eigenvalue weighted by Crippen LogP contribution is -2.05. The van der Waals surface area contributed by atoms with Crippen molar-refractivity contribution in [1.29, 1.82) is 0 Å². The average Bonchev–Trinajstić information content (AvgIpc) is 2.04. The molecule has 0 aliphatic rings. The van der Waals surface area contributed by atoms with Crippen molar-refractivity contribution in [1.82, 2.24) is 0 Å². The molecule has 0 saturated carbocycles. The van der Waals surface area contributed by atoms with Gasteiger partial charge in [0.15, 0.2) is 0 Å². The lowest BCUT2D eigenvalue weighted by atomic mass is 10.3. The Balaban J connectivity index is 0. The molecular weight excluding hydrogens is 176 g/mol. The van der Waals surface area contributed by atoms with E-state index in [1.54, 1.807) is 0 Å². The first-order valence-electron chi connectivity index (χ1n) is 3.54. The molecule has 0 rings (SSSR count). The summed E-state index contributed by atoms with van der Waals surface area (Å²) >= 11 is 0. The van der Waals surface area contributed by atoms with Crippen molar-refractivity contribution < 1.29 is 23.9 Å². The SMILES string of the molecule is COC(=O)CC(C)=O.COC(C)=O. The highest BCUT2D eigenvalue weighted by Gasteiger charge is 2.01. The Hall–Kier alpha value is -1.39. The zero-order valence-corrected chi connectivity index (χ0v) is 8.25. The monoisotopic (exact) mass is 190 g/mol. The van der Waals surface area contributed by atoms with Gasteiger partial charge in [0, 0.05) is 6.92 Å². The Labute approximate surface area is 77.0 Å². The molecule has 0 aromatic carbocycles. The molecule has 0 aliphatic heterocycles. The van der Waals surface area contributed by atoms with Gasteiger partial charge < -0.3 is 9.47 Å². The summed E-state index contributed by atoms with van der Waals surface area (Å²) in [7, 11) is 2.60. The average molecular weight is 190 g/mol. The number of esters is 2. The Kier molecular flexibility index (Phi) is 9.48. The zero-order chi connectivity index (χ0) is 10.9. The largest absolute Gasteiger partial charge is 0.469 e. The van der Waals surface area contributed by atoms with E-state index in [0.717, 1.165) is 0 Å². The Bertz CT molecular complexity index is 185. The maximum absolute atomic E-state index is 10.2. The van der Waals surface area contributed by atoms with E-state index in [4.69, 9.17) is 0 Å². The topological polar surface area (TPSA) is 69.7 Å². The summed E-state index contributed by atoms with van der Waals surface area (Å²) in [5.74, 6) is -0.889. The number of carbonyl (C=O) groups excluding carboxylic acids is 3. The number of methoxy groups -OCH3 is 2. The molecule has 0 unspecified atom stereocenters. The summed E-state index contributed by atoms with van der Waals surface area (Å²) in [6, 6.07) is 0. The number of rotatable bonds is 2. The van der Waals surface area contributed by atoms with Crippen molar-refractivity contribution in [2.24, 2.45) is 0 Å². The maximum Gasteiger partial charge on any atom is 0.313 e. The Morgan fingerprint density at radius 2 is 1.38 bits per heavy atom. The van der Waals surface area contributed by atoms with Gasteiger partial charge in [0.25, 0.3) is 0 Å². The van der Waals surface area contributed by atoms with Crippen molar-refractivity contribution >= 4 is 17.7 Å². The molecule has 0 aliphatic carbocycles. The van der Waals surface area contributed by atoms with Gasteiger partial charge >= 0.3 is 11.9 Å². The van der Waals surface area contributed by atoms with Gasteiger partial charge in [-0.1, -0.05) is 0 Å². The molecule has 0 heterocycles. The zero-order valence-electron chi connectivity index (χ0n) is 8.25. The first kappa shape index (κ1) is 14.2. The summed E-state index contributed by atoms with van der Waals surface area (Å²) in [6.07, 6.45) is -0.115. The molecule has 76 valence electrons. The molecule has 0 saturated heterocycles. The van der Waals surface area contributed by atoms with E-state index in [-0.39, 0.29) is 18.2 Å². The normalized spacial score (nSPS) is 7.69. The third-order valence-electron chi connectivity index (χ3n) is 0.908.